The van der Waals surface area contributed by atoms with Crippen LogP contribution in [-0.2, 0) is 68.7 Å². The number of carboxylic acid groups (broad SMARTS) is 1. The molecular formula is C51H80N14O16S. The summed E-state index contributed by atoms with van der Waals surface area (Å²) in [5, 5.41) is 53.0. The number of fused-ring (bicyclic) bond motifs is 1. The molecule has 0 fully saturated rings. The number of nitrogens with one attached hydrogen (secondary N) is 10. The third-order valence-electron chi connectivity index (χ3n) is 12.9. The summed E-state index contributed by atoms with van der Waals surface area (Å²) < 4.78 is 0. The first-order chi connectivity index (χ1) is 38.3. The van der Waals surface area contributed by atoms with Crippen molar-refractivity contribution in [2.24, 2.45) is 34.8 Å². The van der Waals surface area contributed by atoms with E-state index >= 15 is 0 Å². The summed E-state index contributed by atoms with van der Waals surface area (Å²) in [6.45, 7) is 10.3. The molecule has 13 atom stereocenters. The highest BCUT2D eigenvalue weighted by atomic mass is 32.1. The summed E-state index contributed by atoms with van der Waals surface area (Å²) in [7, 11) is 0. The Labute approximate surface area is 478 Å². The van der Waals surface area contributed by atoms with E-state index in [2.05, 4.69) is 65.5 Å². The lowest BCUT2D eigenvalue weighted by molar-refractivity contribution is -0.143. The number of nitrogens with two attached hydrogens (primary N) is 4. The first-order valence-electron chi connectivity index (χ1n) is 26.4. The zero-order chi connectivity index (χ0) is 62.3. The van der Waals surface area contributed by atoms with Gasteiger partial charge in [0.15, 0.2) is 0 Å². The molecule has 21 N–H and O–H groups in total. The Hall–Kier alpha value is -7.90. The van der Waals surface area contributed by atoms with E-state index in [1.54, 1.807) is 51.2 Å². The molecular weight excluding hydrogens is 1100 g/mol. The first-order valence-corrected chi connectivity index (χ1v) is 27.0. The lowest BCUT2D eigenvalue weighted by Crippen LogP contribution is -2.63. The van der Waals surface area contributed by atoms with Crippen LogP contribution in [0.4, 0.5) is 0 Å². The molecule has 0 aliphatic carbocycles. The van der Waals surface area contributed by atoms with Crippen LogP contribution in [0.25, 0.3) is 10.9 Å². The van der Waals surface area contributed by atoms with E-state index in [1.165, 1.54) is 20.8 Å². The van der Waals surface area contributed by atoms with Crippen LogP contribution in [0.15, 0.2) is 30.5 Å². The van der Waals surface area contributed by atoms with Crippen LogP contribution in [0, 0.1) is 11.8 Å². The number of carboxylic acids is 1. The summed E-state index contributed by atoms with van der Waals surface area (Å²) in [5.74, 6) is -15.3. The Kier molecular flexibility index (Phi) is 28.9. The van der Waals surface area contributed by atoms with Crippen LogP contribution in [-0.4, -0.2) is 176 Å². The minimum Gasteiger partial charge on any atom is -0.480 e. The van der Waals surface area contributed by atoms with Crippen molar-refractivity contribution in [3.05, 3.63) is 36.0 Å². The van der Waals surface area contributed by atoms with Crippen molar-refractivity contribution >= 4 is 100 Å². The van der Waals surface area contributed by atoms with Crippen molar-refractivity contribution in [1.29, 1.82) is 0 Å². The average Bonchev–Trinajstić information content (AvgIpc) is 3.86. The van der Waals surface area contributed by atoms with E-state index in [9.17, 15) is 77.6 Å². The molecule has 1 aromatic carbocycles. The van der Waals surface area contributed by atoms with E-state index in [4.69, 9.17) is 22.9 Å². The molecule has 0 saturated carbocycles. The van der Waals surface area contributed by atoms with Gasteiger partial charge in [-0.2, -0.15) is 12.6 Å². The molecule has 2 rings (SSSR count). The number of hydrogen-bond donors (Lipinski definition) is 18. The van der Waals surface area contributed by atoms with Crippen molar-refractivity contribution in [2.75, 3.05) is 5.75 Å². The predicted octanol–water partition coefficient (Wildman–Crippen LogP) is -5.30. The van der Waals surface area contributed by atoms with Crippen LogP contribution in [0.1, 0.15) is 99.0 Å². The molecule has 0 aliphatic heterocycles. The molecule has 12 amide bonds. The Morgan fingerprint density at radius 3 is 1.40 bits per heavy atom. The summed E-state index contributed by atoms with van der Waals surface area (Å²) >= 11 is 4.21. The molecule has 2 aromatic rings. The number of aromatic nitrogens is 1. The Morgan fingerprint density at radius 2 is 0.951 bits per heavy atom. The quantitative estimate of drug-likeness (QED) is 0.0283. The molecule has 31 heteroatoms. The second-order valence-corrected chi connectivity index (χ2v) is 20.7. The number of H-pyrrole nitrogens is 1. The molecule has 0 radical (unpaired) electrons. The fourth-order valence-corrected chi connectivity index (χ4v) is 8.30. The minimum absolute atomic E-state index is 0.0175. The standard InChI is InChI=1S/C51H80N14O16S/c1-8-23(4)39(48(77)60-33(19-38(55)70)45(74)58-30(13-15-36(53)68)43(72)57-31(14-16-37(54)69)44(73)61-34(51(80)81)17-22(2)3)63-47(76)35(21-82)62-50(79)41(26(7)67)65-46(75)32(18-27-20-56-29-12-10-9-11-28(27)29)59-49(78)40(25(6)66)64-42(71)24(5)52/h9-12,20,22-26,30-35,39-41,56,66-67,82H,8,13-19,21,52H2,1-7H3,(H2,53,68)(H2,54,69)(H2,55,70)(H,57,72)(H,58,74)(H,59,78)(H,60,77)(H,61,73)(H,62,79)(H,63,76)(H,64,71)(H,65,75)(H,80,81)/t23-,24-,25+,26+,30-,31-,32-,33-,34-,35-,39-,40-,41-/m0/s1. The summed E-state index contributed by atoms with van der Waals surface area (Å²) in [5.41, 5.74) is 22.9. The zero-order valence-corrected chi connectivity index (χ0v) is 47.6. The monoisotopic (exact) mass is 1180 g/mol. The lowest BCUT2D eigenvalue weighted by Gasteiger charge is -2.30. The number of carbonyl (C=O) groups is 13. The summed E-state index contributed by atoms with van der Waals surface area (Å²) in [6.07, 6.45) is -4.50. The topological polar surface area (TPSA) is 511 Å². The van der Waals surface area contributed by atoms with Gasteiger partial charge in [-0.05, 0) is 63.5 Å². The number of benzene rings is 1. The van der Waals surface area contributed by atoms with Crippen LogP contribution in [0.2, 0.25) is 0 Å². The maximum Gasteiger partial charge on any atom is 0.326 e. The number of aromatic amines is 1. The van der Waals surface area contributed by atoms with Gasteiger partial charge in [0, 0.05) is 42.1 Å². The number of carbonyl (C=O) groups excluding carboxylic acids is 12. The number of aliphatic hydroxyl groups excluding tert-OH is 2. The lowest BCUT2D eigenvalue weighted by atomic mass is 9.97. The van der Waals surface area contributed by atoms with Crippen molar-refractivity contribution in [1.82, 2.24) is 52.8 Å². The molecule has 82 heavy (non-hydrogen) atoms. The van der Waals surface area contributed by atoms with Crippen LogP contribution in [0.5, 0.6) is 0 Å². The average molecular weight is 1180 g/mol. The highest BCUT2D eigenvalue weighted by Gasteiger charge is 2.38. The molecule has 0 saturated heterocycles. The number of primary amides is 3. The Morgan fingerprint density at radius 1 is 0.537 bits per heavy atom. The number of rotatable bonds is 36. The number of thiol groups is 1. The van der Waals surface area contributed by atoms with E-state index < -0.39 is 193 Å². The number of aliphatic carboxylic acids is 1. The predicted molar refractivity (Wildman–Crippen MR) is 297 cm³/mol. The van der Waals surface area contributed by atoms with Gasteiger partial charge in [0.05, 0.1) is 24.7 Å². The van der Waals surface area contributed by atoms with Gasteiger partial charge >= 0.3 is 5.97 Å². The van der Waals surface area contributed by atoms with Gasteiger partial charge in [-0.25, -0.2) is 4.79 Å². The smallest absolute Gasteiger partial charge is 0.326 e. The van der Waals surface area contributed by atoms with Gasteiger partial charge in [0.1, 0.15) is 54.4 Å². The maximum atomic E-state index is 14.2. The van der Waals surface area contributed by atoms with Crippen molar-refractivity contribution < 1.29 is 77.6 Å². The molecule has 0 spiro atoms. The van der Waals surface area contributed by atoms with Crippen molar-refractivity contribution in [2.45, 2.75) is 172 Å². The van der Waals surface area contributed by atoms with E-state index in [0.717, 1.165) is 6.92 Å². The fraction of sp³-hybridized carbons (Fsp3) is 0.588. The van der Waals surface area contributed by atoms with E-state index in [-0.39, 0.29) is 25.2 Å². The summed E-state index contributed by atoms with van der Waals surface area (Å²) in [4.78, 5) is 174. The third kappa shape index (κ3) is 22.9. The Balaban J connectivity index is 2.42. The second-order valence-electron chi connectivity index (χ2n) is 20.4. The number of hydrogen-bond acceptors (Lipinski definition) is 17. The van der Waals surface area contributed by atoms with Crippen molar-refractivity contribution in [3.63, 3.8) is 0 Å². The molecule has 0 unspecified atom stereocenters. The van der Waals surface area contributed by atoms with Crippen LogP contribution >= 0.6 is 12.6 Å². The maximum absolute atomic E-state index is 14.2. The van der Waals surface area contributed by atoms with Gasteiger partial charge in [0.2, 0.25) is 70.9 Å². The van der Waals surface area contributed by atoms with Gasteiger partial charge < -0.3 is 91.1 Å². The van der Waals surface area contributed by atoms with E-state index in [0.29, 0.717) is 16.5 Å². The van der Waals surface area contributed by atoms with Crippen molar-refractivity contribution in [3.8, 4) is 0 Å². The highest BCUT2D eigenvalue weighted by Crippen LogP contribution is 2.20. The summed E-state index contributed by atoms with van der Waals surface area (Å²) in [6, 6.07) is -8.86. The van der Waals surface area contributed by atoms with Crippen LogP contribution in [0.3, 0.4) is 0 Å². The normalized spacial score (nSPS) is 16.0. The van der Waals surface area contributed by atoms with Gasteiger partial charge in [0.25, 0.3) is 0 Å². The van der Waals surface area contributed by atoms with Gasteiger partial charge in [-0.1, -0.05) is 52.3 Å². The number of aliphatic hydroxyl groups is 2. The SMILES string of the molecule is CC[C@H](C)[C@H](NC(=O)[C@H](CS)NC(=O)[C@@H](NC(=O)[C@H](Cc1c[nH]c2ccccc12)NC(=O)[C@@H](NC(=O)[C@H](C)N)[C@@H](C)O)[C@@H](C)O)C(=O)N[C@@H](CC(N)=O)C(=O)N[C@@H](CCC(N)=O)C(=O)N[C@@H](CCC(N)=O)C(=O)N[C@@H](CC(C)C)C(=O)O. The number of amides is 12. The molecule has 0 bridgehead atoms. The largest absolute Gasteiger partial charge is 0.480 e. The van der Waals surface area contributed by atoms with Gasteiger partial charge in [-0.15, -0.1) is 0 Å². The molecule has 456 valence electrons. The molecule has 1 aromatic heterocycles. The number of para-hydroxylation sites is 1. The zero-order valence-electron chi connectivity index (χ0n) is 46.7. The first kappa shape index (κ1) is 70.2. The van der Waals surface area contributed by atoms with Gasteiger partial charge in [-0.3, -0.25) is 57.5 Å². The Bertz CT molecular complexity index is 2610. The fourth-order valence-electron chi connectivity index (χ4n) is 8.04. The molecule has 0 aliphatic rings. The molecule has 30 nitrogen and oxygen atoms in total. The molecule has 1 heterocycles. The highest BCUT2D eigenvalue weighted by molar-refractivity contribution is 7.80. The minimum atomic E-state index is -1.88. The van der Waals surface area contributed by atoms with Crippen LogP contribution < -0.4 is 70.8 Å². The third-order valence-corrected chi connectivity index (χ3v) is 13.2. The van der Waals surface area contributed by atoms with E-state index in [1.807, 2.05) is 0 Å². The second kappa shape index (κ2) is 33.8.